The van der Waals surface area contributed by atoms with E-state index in [0.717, 1.165) is 16.6 Å². The Morgan fingerprint density at radius 1 is 1.00 bits per heavy atom. The van der Waals surface area contributed by atoms with Gasteiger partial charge in [0.2, 0.25) is 0 Å². The number of aromatic nitrogens is 2. The van der Waals surface area contributed by atoms with Crippen LogP contribution in [-0.2, 0) is 0 Å². The van der Waals surface area contributed by atoms with Crippen LogP contribution in [0.15, 0.2) is 54.9 Å². The van der Waals surface area contributed by atoms with Gasteiger partial charge in [-0.2, -0.15) is 0 Å². The Bertz CT molecular complexity index is 660. The number of aryl methyl sites for hydroxylation is 1. The summed E-state index contributed by atoms with van der Waals surface area (Å²) >= 11 is 0. The van der Waals surface area contributed by atoms with Crippen LogP contribution in [0.5, 0.6) is 0 Å². The van der Waals surface area contributed by atoms with Crippen molar-refractivity contribution < 1.29 is 0 Å². The highest BCUT2D eigenvalue weighted by atomic mass is 14.7. The second kappa shape index (κ2) is 3.98. The summed E-state index contributed by atoms with van der Waals surface area (Å²) in [6.07, 6.45) is 3.63. The fourth-order valence-corrected chi connectivity index (χ4v) is 2.02. The standard InChI is InChI=1S/C15H12N2/c1-11-14(12-5-3-2-4-6-12)9-13-10-16-8-7-15(13)17-11/h2-10H,1H3. The van der Waals surface area contributed by atoms with E-state index in [1.54, 1.807) is 6.20 Å². The van der Waals surface area contributed by atoms with Crippen molar-refractivity contribution in [2.45, 2.75) is 6.92 Å². The zero-order valence-electron chi connectivity index (χ0n) is 9.59. The highest BCUT2D eigenvalue weighted by molar-refractivity contribution is 5.84. The SMILES string of the molecule is Cc1nc2ccncc2cc1-c1ccccc1. The van der Waals surface area contributed by atoms with E-state index < -0.39 is 0 Å². The predicted octanol–water partition coefficient (Wildman–Crippen LogP) is 3.61. The lowest BCUT2D eigenvalue weighted by Crippen LogP contribution is -1.89. The van der Waals surface area contributed by atoms with Gasteiger partial charge in [0, 0.05) is 29.0 Å². The molecule has 0 amide bonds. The number of fused-ring (bicyclic) bond motifs is 1. The second-order valence-electron chi connectivity index (χ2n) is 4.06. The first-order valence-corrected chi connectivity index (χ1v) is 5.61. The zero-order chi connectivity index (χ0) is 11.7. The molecule has 3 aromatic rings. The zero-order valence-corrected chi connectivity index (χ0v) is 9.59. The molecule has 0 N–H and O–H groups in total. The smallest absolute Gasteiger partial charge is 0.0736 e. The molecule has 0 bridgehead atoms. The molecule has 2 heterocycles. The minimum absolute atomic E-state index is 0.997. The van der Waals surface area contributed by atoms with Crippen LogP contribution in [0.2, 0.25) is 0 Å². The van der Waals surface area contributed by atoms with Crippen LogP contribution in [0, 0.1) is 6.92 Å². The van der Waals surface area contributed by atoms with Crippen LogP contribution in [0.4, 0.5) is 0 Å². The van der Waals surface area contributed by atoms with Gasteiger partial charge in [0.05, 0.1) is 5.52 Å². The van der Waals surface area contributed by atoms with Crippen LogP contribution in [0.3, 0.4) is 0 Å². The van der Waals surface area contributed by atoms with Gasteiger partial charge >= 0.3 is 0 Å². The van der Waals surface area contributed by atoms with Crippen LogP contribution < -0.4 is 0 Å². The van der Waals surface area contributed by atoms with E-state index in [-0.39, 0.29) is 0 Å². The van der Waals surface area contributed by atoms with Crippen molar-refractivity contribution in [2.75, 3.05) is 0 Å². The van der Waals surface area contributed by atoms with E-state index in [9.17, 15) is 0 Å². The number of nitrogens with zero attached hydrogens (tertiary/aromatic N) is 2. The second-order valence-corrected chi connectivity index (χ2v) is 4.06. The highest BCUT2D eigenvalue weighted by Crippen LogP contribution is 2.25. The Kier molecular flexibility index (Phi) is 2.33. The number of hydrogen-bond acceptors (Lipinski definition) is 2. The first-order valence-electron chi connectivity index (χ1n) is 5.61. The summed E-state index contributed by atoms with van der Waals surface area (Å²) in [4.78, 5) is 8.75. The first-order chi connectivity index (χ1) is 8.34. The molecule has 0 atom stereocenters. The van der Waals surface area contributed by atoms with Crippen molar-refractivity contribution in [3.05, 3.63) is 60.6 Å². The average molecular weight is 220 g/mol. The maximum absolute atomic E-state index is 4.61. The van der Waals surface area contributed by atoms with Crippen LogP contribution in [-0.4, -0.2) is 9.97 Å². The van der Waals surface area contributed by atoms with Crippen molar-refractivity contribution >= 4 is 10.9 Å². The minimum atomic E-state index is 0.997. The van der Waals surface area contributed by atoms with Gasteiger partial charge in [-0.05, 0) is 24.6 Å². The third kappa shape index (κ3) is 1.78. The molecule has 2 aromatic heterocycles. The van der Waals surface area contributed by atoms with Crippen molar-refractivity contribution in [2.24, 2.45) is 0 Å². The minimum Gasteiger partial charge on any atom is -0.264 e. The number of rotatable bonds is 1. The quantitative estimate of drug-likeness (QED) is 0.626. The average Bonchev–Trinajstić information content (AvgIpc) is 2.39. The third-order valence-electron chi connectivity index (χ3n) is 2.89. The monoisotopic (exact) mass is 220 g/mol. The van der Waals surface area contributed by atoms with Crippen LogP contribution >= 0.6 is 0 Å². The molecule has 0 spiro atoms. The largest absolute Gasteiger partial charge is 0.264 e. The van der Waals surface area contributed by atoms with Gasteiger partial charge in [-0.3, -0.25) is 9.97 Å². The molecule has 3 rings (SSSR count). The van der Waals surface area contributed by atoms with E-state index in [1.165, 1.54) is 11.1 Å². The molecule has 0 aliphatic heterocycles. The summed E-state index contributed by atoms with van der Waals surface area (Å²) in [7, 11) is 0. The summed E-state index contributed by atoms with van der Waals surface area (Å²) in [6.45, 7) is 2.04. The summed E-state index contributed by atoms with van der Waals surface area (Å²) in [6, 6.07) is 14.4. The molecule has 17 heavy (non-hydrogen) atoms. The van der Waals surface area contributed by atoms with E-state index in [0.29, 0.717) is 0 Å². The summed E-state index contributed by atoms with van der Waals surface area (Å²) < 4.78 is 0. The summed E-state index contributed by atoms with van der Waals surface area (Å²) in [5.74, 6) is 0. The molecule has 0 unspecified atom stereocenters. The van der Waals surface area contributed by atoms with Gasteiger partial charge in [0.1, 0.15) is 0 Å². The van der Waals surface area contributed by atoms with Gasteiger partial charge < -0.3 is 0 Å². The number of pyridine rings is 2. The molecule has 0 saturated carbocycles. The highest BCUT2D eigenvalue weighted by Gasteiger charge is 2.04. The molecule has 0 saturated heterocycles. The van der Waals surface area contributed by atoms with Gasteiger partial charge in [-0.1, -0.05) is 30.3 Å². The molecular formula is C15H12N2. The molecule has 0 radical (unpaired) electrons. The number of benzene rings is 1. The molecule has 1 aromatic carbocycles. The topological polar surface area (TPSA) is 25.8 Å². The van der Waals surface area contributed by atoms with Crippen LogP contribution in [0.25, 0.3) is 22.0 Å². The van der Waals surface area contributed by atoms with Crippen molar-refractivity contribution in [3.63, 3.8) is 0 Å². The lowest BCUT2D eigenvalue weighted by atomic mass is 10.0. The van der Waals surface area contributed by atoms with E-state index in [1.807, 2.05) is 37.4 Å². The van der Waals surface area contributed by atoms with Gasteiger partial charge in [-0.15, -0.1) is 0 Å². The molecule has 2 nitrogen and oxygen atoms in total. The van der Waals surface area contributed by atoms with Gasteiger partial charge in [0.15, 0.2) is 0 Å². The molecular weight excluding hydrogens is 208 g/mol. The van der Waals surface area contributed by atoms with Gasteiger partial charge in [-0.25, -0.2) is 0 Å². The van der Waals surface area contributed by atoms with E-state index in [4.69, 9.17) is 0 Å². The molecule has 2 heteroatoms. The summed E-state index contributed by atoms with van der Waals surface area (Å²) in [5, 5.41) is 1.08. The fourth-order valence-electron chi connectivity index (χ4n) is 2.02. The Morgan fingerprint density at radius 2 is 1.82 bits per heavy atom. The Labute approximate surface area is 100.0 Å². The fraction of sp³-hybridized carbons (Fsp3) is 0.0667. The number of hydrogen-bond donors (Lipinski definition) is 0. The van der Waals surface area contributed by atoms with E-state index >= 15 is 0 Å². The normalized spacial score (nSPS) is 10.6. The summed E-state index contributed by atoms with van der Waals surface area (Å²) in [5.41, 5.74) is 4.42. The van der Waals surface area contributed by atoms with Crippen molar-refractivity contribution in [1.29, 1.82) is 0 Å². The van der Waals surface area contributed by atoms with Gasteiger partial charge in [0.25, 0.3) is 0 Å². The van der Waals surface area contributed by atoms with E-state index in [2.05, 4.69) is 28.2 Å². The maximum Gasteiger partial charge on any atom is 0.0736 e. The Hall–Kier alpha value is -2.22. The van der Waals surface area contributed by atoms with Crippen molar-refractivity contribution in [1.82, 2.24) is 9.97 Å². The molecule has 82 valence electrons. The third-order valence-corrected chi connectivity index (χ3v) is 2.89. The molecule has 0 aliphatic rings. The Morgan fingerprint density at radius 3 is 2.65 bits per heavy atom. The lowest BCUT2D eigenvalue weighted by Gasteiger charge is -2.07. The lowest BCUT2D eigenvalue weighted by molar-refractivity contribution is 1.24. The molecule has 0 fully saturated rings. The maximum atomic E-state index is 4.61. The first kappa shape index (κ1) is 9.97. The van der Waals surface area contributed by atoms with Crippen LogP contribution in [0.1, 0.15) is 5.69 Å². The molecule has 0 aliphatic carbocycles. The Balaban J connectivity index is 2.27. The predicted molar refractivity (Wildman–Crippen MR) is 69.7 cm³/mol. The van der Waals surface area contributed by atoms with Crippen molar-refractivity contribution in [3.8, 4) is 11.1 Å².